The van der Waals surface area contributed by atoms with Gasteiger partial charge in [-0.15, -0.1) is 0 Å². The monoisotopic (exact) mass is 505 g/mol. The Morgan fingerprint density at radius 1 is 1.11 bits per heavy atom. The first-order chi connectivity index (χ1) is 17.0. The molecule has 0 radical (unpaired) electrons. The lowest BCUT2D eigenvalue weighted by Crippen LogP contribution is -2.35. The van der Waals surface area contributed by atoms with Crippen LogP contribution in [0.25, 0.3) is 10.3 Å². The van der Waals surface area contributed by atoms with E-state index in [1.165, 1.54) is 11.3 Å². The minimum Gasteiger partial charge on any atom is -0.349 e. The van der Waals surface area contributed by atoms with Crippen molar-refractivity contribution in [3.63, 3.8) is 0 Å². The third-order valence-corrected chi connectivity index (χ3v) is 6.72. The van der Waals surface area contributed by atoms with E-state index in [0.717, 1.165) is 11.1 Å². The van der Waals surface area contributed by atoms with Crippen molar-refractivity contribution in [2.45, 2.75) is 39.3 Å². The van der Waals surface area contributed by atoms with Crippen molar-refractivity contribution < 1.29 is 9.59 Å². The van der Waals surface area contributed by atoms with Crippen molar-refractivity contribution in [1.29, 1.82) is 0 Å². The van der Waals surface area contributed by atoms with Gasteiger partial charge in [0.05, 0.1) is 11.6 Å². The van der Waals surface area contributed by atoms with E-state index in [2.05, 4.69) is 25.7 Å². The first-order valence-electron chi connectivity index (χ1n) is 11.7. The van der Waals surface area contributed by atoms with Crippen molar-refractivity contribution in [1.82, 2.24) is 30.0 Å². The summed E-state index contributed by atoms with van der Waals surface area (Å²) >= 11 is 1.24. The minimum atomic E-state index is -0.412. The van der Waals surface area contributed by atoms with Crippen LogP contribution in [0.2, 0.25) is 0 Å². The molecule has 0 saturated heterocycles. The molecule has 0 aliphatic carbocycles. The third-order valence-electron chi connectivity index (χ3n) is 5.76. The molecule has 4 rings (SSSR count). The lowest BCUT2D eigenvalue weighted by Gasteiger charge is -2.24. The number of benzene rings is 1. The number of likely N-dealkylation sites (N-methyl/N-ethyl adjacent to an activating group) is 1. The van der Waals surface area contributed by atoms with Crippen molar-refractivity contribution in [2.75, 3.05) is 26.0 Å². The topological polar surface area (TPSA) is 105 Å². The van der Waals surface area contributed by atoms with E-state index in [9.17, 15) is 9.59 Å². The number of hydrogen-bond donors (Lipinski definition) is 2. The molecule has 10 heteroatoms. The fourth-order valence-electron chi connectivity index (χ4n) is 3.79. The minimum absolute atomic E-state index is 0.0475. The quantitative estimate of drug-likeness (QED) is 0.389. The van der Waals surface area contributed by atoms with E-state index >= 15 is 0 Å². The van der Waals surface area contributed by atoms with E-state index in [4.69, 9.17) is 0 Å². The number of carbonyl (C=O) groups excluding carboxylic acids is 2. The van der Waals surface area contributed by atoms with Crippen LogP contribution in [0.4, 0.5) is 5.13 Å². The molecule has 0 bridgehead atoms. The molecule has 1 atom stereocenters. The van der Waals surface area contributed by atoms with Crippen molar-refractivity contribution in [3.05, 3.63) is 71.2 Å². The number of nitrogens with zero attached hydrogens (tertiary/aromatic N) is 5. The highest BCUT2D eigenvalue weighted by atomic mass is 32.1. The summed E-state index contributed by atoms with van der Waals surface area (Å²) in [5.74, 6) is -0.545. The highest BCUT2D eigenvalue weighted by Gasteiger charge is 2.28. The summed E-state index contributed by atoms with van der Waals surface area (Å²) in [5, 5.41) is 10.9. The van der Waals surface area contributed by atoms with Gasteiger partial charge in [0.1, 0.15) is 4.70 Å². The van der Waals surface area contributed by atoms with Gasteiger partial charge in [0.25, 0.3) is 11.8 Å². The largest absolute Gasteiger partial charge is 0.349 e. The molecule has 9 nitrogen and oxygen atoms in total. The first-order valence-corrected chi connectivity index (χ1v) is 12.5. The molecule has 188 valence electrons. The maximum atomic E-state index is 13.3. The van der Waals surface area contributed by atoms with E-state index < -0.39 is 5.54 Å². The average Bonchev–Trinajstić information content (AvgIpc) is 3.38. The van der Waals surface area contributed by atoms with Crippen LogP contribution < -0.4 is 10.6 Å². The zero-order valence-electron chi connectivity index (χ0n) is 21.4. The number of pyridine rings is 1. The molecule has 36 heavy (non-hydrogen) atoms. The number of anilines is 1. The molecular weight excluding hydrogens is 474 g/mol. The predicted octanol–water partition coefficient (Wildman–Crippen LogP) is 4.24. The lowest BCUT2D eigenvalue weighted by molar-refractivity contribution is 0.0936. The van der Waals surface area contributed by atoms with Crippen LogP contribution in [0.1, 0.15) is 58.8 Å². The van der Waals surface area contributed by atoms with Gasteiger partial charge in [-0.2, -0.15) is 10.1 Å². The van der Waals surface area contributed by atoms with Crippen LogP contribution in [-0.4, -0.2) is 57.1 Å². The number of aryl methyl sites for hydroxylation is 1. The van der Waals surface area contributed by atoms with Crippen molar-refractivity contribution in [2.24, 2.45) is 0 Å². The van der Waals surface area contributed by atoms with Crippen LogP contribution in [0.3, 0.4) is 0 Å². The van der Waals surface area contributed by atoms with Gasteiger partial charge in [-0.25, -0.2) is 4.68 Å². The number of aromatic nitrogens is 4. The molecule has 0 aliphatic rings. The molecule has 0 saturated carbocycles. The summed E-state index contributed by atoms with van der Waals surface area (Å²) in [7, 11) is 3.92. The normalized spacial score (nSPS) is 12.6. The van der Waals surface area contributed by atoms with Gasteiger partial charge in [0.2, 0.25) is 0 Å². The van der Waals surface area contributed by atoms with Gasteiger partial charge in [-0.05, 0) is 65.6 Å². The highest BCUT2D eigenvalue weighted by Crippen LogP contribution is 2.32. The third kappa shape index (κ3) is 5.44. The number of carbonyl (C=O) groups is 2. The van der Waals surface area contributed by atoms with Crippen LogP contribution in [-0.2, 0) is 5.54 Å². The zero-order chi connectivity index (χ0) is 26.0. The van der Waals surface area contributed by atoms with E-state index in [1.807, 2.05) is 71.0 Å². The Balaban J connectivity index is 1.60. The van der Waals surface area contributed by atoms with E-state index in [0.29, 0.717) is 27.6 Å². The summed E-state index contributed by atoms with van der Waals surface area (Å²) in [4.78, 5) is 36.9. The average molecular weight is 506 g/mol. The molecular formula is C26H31N7O2S. The summed E-state index contributed by atoms with van der Waals surface area (Å²) in [6.07, 6.45) is 3.53. The fourth-order valence-corrected chi connectivity index (χ4v) is 4.71. The van der Waals surface area contributed by atoms with Gasteiger partial charge in [-0.3, -0.25) is 19.9 Å². The van der Waals surface area contributed by atoms with Gasteiger partial charge >= 0.3 is 0 Å². The van der Waals surface area contributed by atoms with Crippen LogP contribution in [0.15, 0.2) is 48.8 Å². The summed E-state index contributed by atoms with van der Waals surface area (Å²) in [6, 6.07) is 11.1. The summed E-state index contributed by atoms with van der Waals surface area (Å²) < 4.78 is 2.37. The number of thiazole rings is 1. The van der Waals surface area contributed by atoms with Crippen LogP contribution in [0.5, 0.6) is 0 Å². The Bertz CT molecular complexity index is 1370. The molecule has 4 aromatic rings. The summed E-state index contributed by atoms with van der Waals surface area (Å²) in [6.45, 7) is 8.34. The molecule has 2 N–H and O–H groups in total. The van der Waals surface area contributed by atoms with Gasteiger partial charge in [0, 0.05) is 24.5 Å². The van der Waals surface area contributed by atoms with Crippen LogP contribution >= 0.6 is 11.3 Å². The van der Waals surface area contributed by atoms with Crippen molar-refractivity contribution >= 4 is 38.6 Å². The summed E-state index contributed by atoms with van der Waals surface area (Å²) in [5.41, 5.74) is 3.07. The Morgan fingerprint density at radius 3 is 2.44 bits per heavy atom. The molecule has 0 aliphatic heterocycles. The zero-order valence-corrected chi connectivity index (χ0v) is 22.2. The second-order valence-corrected chi connectivity index (χ2v) is 10.9. The maximum Gasteiger partial charge on any atom is 0.273 e. The molecule has 3 heterocycles. The molecule has 1 aromatic carbocycles. The Morgan fingerprint density at radius 2 is 1.83 bits per heavy atom. The Labute approximate surface area is 214 Å². The van der Waals surface area contributed by atoms with E-state index in [-0.39, 0.29) is 23.6 Å². The number of rotatable bonds is 7. The smallest absolute Gasteiger partial charge is 0.273 e. The van der Waals surface area contributed by atoms with Gasteiger partial charge in [-0.1, -0.05) is 35.1 Å². The molecule has 3 aromatic heterocycles. The second kappa shape index (κ2) is 10.2. The van der Waals surface area contributed by atoms with Gasteiger partial charge in [0.15, 0.2) is 16.5 Å². The SMILES string of the molecule is Cc1ccc(C(=O)Nc2nc3c(s2)c(C(=O)NCC(c2cccnc2)N(C)C)nn3C(C)(C)C)cc1. The fraction of sp³-hybridized carbons (Fsp3) is 0.346. The Kier molecular flexibility index (Phi) is 7.18. The standard InChI is InChI=1S/C26H31N7O2S/c1-16-9-11-17(12-10-16)23(34)30-25-29-22-21(36-25)20(31-33(22)26(2,3)4)24(35)28-15-19(32(5)6)18-8-7-13-27-14-18/h7-14,19H,15H2,1-6H3,(H,28,35)(H,29,30,34). The molecule has 0 fully saturated rings. The molecule has 1 unspecified atom stereocenters. The van der Waals surface area contributed by atoms with Crippen LogP contribution in [0, 0.1) is 6.92 Å². The lowest BCUT2D eigenvalue weighted by atomic mass is 10.1. The molecule has 2 amide bonds. The number of nitrogens with one attached hydrogen (secondary N) is 2. The molecule has 0 spiro atoms. The highest BCUT2D eigenvalue weighted by molar-refractivity contribution is 7.22. The maximum absolute atomic E-state index is 13.3. The van der Waals surface area contributed by atoms with Crippen molar-refractivity contribution in [3.8, 4) is 0 Å². The number of amides is 2. The first kappa shape index (κ1) is 25.5. The van der Waals surface area contributed by atoms with E-state index in [1.54, 1.807) is 29.2 Å². The number of hydrogen-bond acceptors (Lipinski definition) is 7. The Hall–Kier alpha value is -3.63. The number of fused-ring (bicyclic) bond motifs is 1. The van der Waals surface area contributed by atoms with Gasteiger partial charge < -0.3 is 10.2 Å². The predicted molar refractivity (Wildman–Crippen MR) is 143 cm³/mol. The second-order valence-electron chi connectivity index (χ2n) is 9.90.